The fraction of sp³-hybridized carbons (Fsp3) is 0.116. The molecule has 6 rings (SSSR count). The molecule has 0 atom stereocenters. The van der Waals surface area contributed by atoms with Crippen molar-refractivity contribution >= 4 is 33.7 Å². The summed E-state index contributed by atoms with van der Waals surface area (Å²) >= 11 is 0. The molecule has 0 aliphatic heterocycles. The Morgan fingerprint density at radius 2 is 0.612 bits per heavy atom. The highest BCUT2D eigenvalue weighted by atomic mass is 32.2. The predicted octanol–water partition coefficient (Wildman–Crippen LogP) is 8.08. The largest absolute Gasteiger partial charge is 0.550 e. The van der Waals surface area contributed by atoms with Crippen molar-refractivity contribution in [2.75, 3.05) is 0 Å². The lowest BCUT2D eigenvalue weighted by Gasteiger charge is -2.07. The molecule has 0 N–H and O–H groups in total. The first-order valence-electron chi connectivity index (χ1n) is 15.9. The van der Waals surface area contributed by atoms with Crippen LogP contribution in [0.1, 0.15) is 31.4 Å². The van der Waals surface area contributed by atoms with Crippen LogP contribution < -0.4 is 10.2 Å². The van der Waals surface area contributed by atoms with Gasteiger partial charge in [0, 0.05) is 11.9 Å². The third-order valence-corrected chi connectivity index (χ3v) is 11.2. The summed E-state index contributed by atoms with van der Waals surface area (Å²) in [7, 11) is -0.0458. The maximum Gasteiger partial charge on any atom is 0.166 e. The molecule has 6 heteroatoms. The molecule has 6 aromatic carbocycles. The summed E-state index contributed by atoms with van der Waals surface area (Å²) in [5.41, 5.74) is 2.61. The fourth-order valence-electron chi connectivity index (χ4n) is 4.39. The second-order valence-corrected chi connectivity index (χ2v) is 14.8. The standard InChI is InChI=1S/2C19H17S.C3H6O2.C2H4O2/c2*1-16-12-14-19(15-13-16)20(17-8-4-2-5-9-17)18-10-6-3-7-11-18;1-2-3(4)5;1-2(3)4/h2*2-15H,1H3;2H2,1H3,(H,4,5);1H3,(H,3,4)/q2*+1;;/p-2. The lowest BCUT2D eigenvalue weighted by atomic mass is 10.2. The van der Waals surface area contributed by atoms with E-state index in [2.05, 4.69) is 184 Å². The van der Waals surface area contributed by atoms with Gasteiger partial charge in [-0.25, -0.2) is 0 Å². The molecule has 0 aliphatic carbocycles. The first kappa shape index (κ1) is 38.4. The van der Waals surface area contributed by atoms with E-state index in [0.29, 0.717) is 0 Å². The molecule has 0 aromatic heterocycles. The summed E-state index contributed by atoms with van der Waals surface area (Å²) in [5.74, 6) is -2.08. The van der Waals surface area contributed by atoms with Crippen LogP contribution in [0.25, 0.3) is 0 Å². The number of carboxylic acid groups (broad SMARTS) is 2. The fourth-order valence-corrected chi connectivity index (χ4v) is 8.56. The Morgan fingerprint density at radius 3 is 0.796 bits per heavy atom. The Hall–Kier alpha value is -5.04. The van der Waals surface area contributed by atoms with Crippen LogP contribution in [0.2, 0.25) is 0 Å². The van der Waals surface area contributed by atoms with Crippen molar-refractivity contribution in [1.29, 1.82) is 0 Å². The van der Waals surface area contributed by atoms with E-state index >= 15 is 0 Å². The van der Waals surface area contributed by atoms with Gasteiger partial charge < -0.3 is 19.8 Å². The van der Waals surface area contributed by atoms with E-state index in [0.717, 1.165) is 6.92 Å². The Morgan fingerprint density at radius 1 is 0.429 bits per heavy atom. The first-order chi connectivity index (χ1) is 23.7. The van der Waals surface area contributed by atoms with Crippen LogP contribution in [-0.2, 0) is 31.4 Å². The number of aliphatic carboxylic acids is 2. The van der Waals surface area contributed by atoms with E-state index in [1.165, 1.54) is 47.4 Å². The van der Waals surface area contributed by atoms with Gasteiger partial charge in [0.15, 0.2) is 29.4 Å². The smallest absolute Gasteiger partial charge is 0.166 e. The highest BCUT2D eigenvalue weighted by molar-refractivity contribution is 7.97. The van der Waals surface area contributed by atoms with Crippen LogP contribution in [0.15, 0.2) is 199 Å². The van der Waals surface area contributed by atoms with E-state index in [9.17, 15) is 9.90 Å². The van der Waals surface area contributed by atoms with Crippen molar-refractivity contribution in [3.05, 3.63) is 181 Å². The average molecular weight is 687 g/mol. The van der Waals surface area contributed by atoms with Gasteiger partial charge in [0.25, 0.3) is 0 Å². The minimum atomic E-state index is -1.08. The minimum absolute atomic E-state index is 0.0229. The number of carbonyl (C=O) groups is 2. The van der Waals surface area contributed by atoms with Gasteiger partial charge in [-0.1, -0.05) is 115 Å². The molecular formula is C43H42O4S2. The number of hydrogen-bond donors (Lipinski definition) is 0. The van der Waals surface area contributed by atoms with E-state index < -0.39 is 11.9 Å². The minimum Gasteiger partial charge on any atom is -0.550 e. The summed E-state index contributed by atoms with van der Waals surface area (Å²) < 4.78 is 0. The van der Waals surface area contributed by atoms with Gasteiger partial charge in [-0.3, -0.25) is 0 Å². The van der Waals surface area contributed by atoms with Crippen molar-refractivity contribution in [1.82, 2.24) is 0 Å². The number of carboxylic acids is 2. The molecule has 0 fully saturated rings. The number of carbonyl (C=O) groups excluding carboxylic acids is 2. The van der Waals surface area contributed by atoms with Crippen molar-refractivity contribution < 1.29 is 19.8 Å². The third-order valence-electron chi connectivity index (χ3n) is 6.72. The summed E-state index contributed by atoms with van der Waals surface area (Å²) in [5, 5.41) is 18.1. The second kappa shape index (κ2) is 21.0. The van der Waals surface area contributed by atoms with Gasteiger partial charge in [-0.15, -0.1) is 0 Å². The Labute approximate surface area is 296 Å². The Kier molecular flexibility index (Phi) is 16.5. The molecule has 6 aromatic rings. The molecule has 0 heterocycles. The van der Waals surface area contributed by atoms with Gasteiger partial charge in [0.2, 0.25) is 0 Å². The summed E-state index contributed by atoms with van der Waals surface area (Å²) in [6, 6.07) is 60.8. The van der Waals surface area contributed by atoms with Crippen molar-refractivity contribution in [3.63, 3.8) is 0 Å². The van der Waals surface area contributed by atoms with E-state index in [1.807, 2.05) is 0 Å². The molecule has 0 amide bonds. The summed E-state index contributed by atoms with van der Waals surface area (Å²) in [4.78, 5) is 26.3. The van der Waals surface area contributed by atoms with Gasteiger partial charge in [-0.05, 0) is 100.0 Å². The first-order valence-corrected chi connectivity index (χ1v) is 18.3. The summed E-state index contributed by atoms with van der Waals surface area (Å²) in [6.07, 6.45) is 0.111. The predicted molar refractivity (Wildman–Crippen MR) is 198 cm³/mol. The van der Waals surface area contributed by atoms with Crippen LogP contribution in [-0.4, -0.2) is 11.9 Å². The third kappa shape index (κ3) is 13.5. The second-order valence-electron chi connectivity index (χ2n) is 10.7. The number of hydrogen-bond acceptors (Lipinski definition) is 4. The van der Waals surface area contributed by atoms with Gasteiger partial charge in [0.1, 0.15) is 0 Å². The average Bonchev–Trinajstić information content (AvgIpc) is 3.12. The van der Waals surface area contributed by atoms with Gasteiger partial charge >= 0.3 is 0 Å². The maximum absolute atomic E-state index is 9.26. The topological polar surface area (TPSA) is 80.3 Å². The number of rotatable bonds is 7. The monoisotopic (exact) mass is 686 g/mol. The van der Waals surface area contributed by atoms with E-state index in [-0.39, 0.29) is 28.2 Å². The molecule has 250 valence electrons. The Bertz CT molecular complexity index is 1590. The quantitative estimate of drug-likeness (QED) is 0.159. The molecule has 0 bridgehead atoms. The normalized spacial score (nSPS) is 10.0. The van der Waals surface area contributed by atoms with E-state index in [4.69, 9.17) is 9.90 Å². The van der Waals surface area contributed by atoms with Crippen LogP contribution in [0.4, 0.5) is 0 Å². The maximum atomic E-state index is 9.26. The van der Waals surface area contributed by atoms with Crippen molar-refractivity contribution in [3.8, 4) is 0 Å². The zero-order chi connectivity index (χ0) is 35.4. The van der Waals surface area contributed by atoms with Crippen LogP contribution in [0, 0.1) is 13.8 Å². The van der Waals surface area contributed by atoms with Crippen LogP contribution >= 0.6 is 0 Å². The molecule has 4 nitrogen and oxygen atoms in total. The molecule has 0 radical (unpaired) electrons. The molecule has 0 aliphatic rings. The molecule has 0 saturated carbocycles. The molecular weight excluding hydrogens is 645 g/mol. The lowest BCUT2D eigenvalue weighted by Crippen LogP contribution is -2.19. The van der Waals surface area contributed by atoms with Crippen LogP contribution in [0.3, 0.4) is 0 Å². The van der Waals surface area contributed by atoms with Gasteiger partial charge in [-0.2, -0.15) is 0 Å². The van der Waals surface area contributed by atoms with Crippen molar-refractivity contribution in [2.24, 2.45) is 0 Å². The zero-order valence-electron chi connectivity index (χ0n) is 28.3. The highest BCUT2D eigenvalue weighted by Gasteiger charge is 2.28. The molecule has 0 spiro atoms. The molecule has 49 heavy (non-hydrogen) atoms. The zero-order valence-corrected chi connectivity index (χ0v) is 30.0. The molecule has 0 unspecified atom stereocenters. The summed E-state index contributed by atoms with van der Waals surface area (Å²) in [6.45, 7) is 6.77. The SMILES string of the molecule is CC(=O)[O-].CCC(=O)[O-].Cc1ccc([S+](c2ccccc2)c2ccccc2)cc1.Cc1ccc([S+](c2ccccc2)c2ccccc2)cc1. The lowest BCUT2D eigenvalue weighted by molar-refractivity contribution is -0.305. The number of aryl methyl sites for hydroxylation is 2. The van der Waals surface area contributed by atoms with Crippen molar-refractivity contribution in [2.45, 2.75) is 63.5 Å². The number of benzene rings is 6. The Balaban J connectivity index is 0.000000214. The van der Waals surface area contributed by atoms with E-state index in [1.54, 1.807) is 0 Å². The molecule has 0 saturated heterocycles. The van der Waals surface area contributed by atoms with Crippen LogP contribution in [0.5, 0.6) is 0 Å². The highest BCUT2D eigenvalue weighted by Crippen LogP contribution is 2.32. The van der Waals surface area contributed by atoms with Gasteiger partial charge in [0.05, 0.1) is 21.8 Å².